The van der Waals surface area contributed by atoms with E-state index in [-0.39, 0.29) is 5.69 Å². The number of ketones is 1. The first-order chi connectivity index (χ1) is 12.2. The maximum Gasteiger partial charge on any atom is 0.371 e. The van der Waals surface area contributed by atoms with Gasteiger partial charge in [0.05, 0.1) is 4.47 Å². The molecule has 0 saturated carbocycles. The van der Waals surface area contributed by atoms with Crippen LogP contribution in [0.4, 0.5) is 5.82 Å². The van der Waals surface area contributed by atoms with Crippen LogP contribution in [0.25, 0.3) is 11.0 Å². The van der Waals surface area contributed by atoms with Gasteiger partial charge in [0, 0.05) is 24.7 Å². The third-order valence-corrected chi connectivity index (χ3v) is 3.38. The zero-order valence-electron chi connectivity index (χ0n) is 13.5. The van der Waals surface area contributed by atoms with Crippen molar-refractivity contribution < 1.29 is 24.6 Å². The van der Waals surface area contributed by atoms with Crippen molar-refractivity contribution in [3.8, 4) is 0 Å². The SMILES string of the molecule is CC(=O)C(=O)O.Nc1ncccc1Br.O=C(O)c1cc2cccnc2[nH]1. The van der Waals surface area contributed by atoms with E-state index in [0.29, 0.717) is 11.5 Å². The molecule has 0 saturated heterocycles. The number of hydrogen-bond acceptors (Lipinski definition) is 6. The predicted molar refractivity (Wildman–Crippen MR) is 97.7 cm³/mol. The second kappa shape index (κ2) is 9.89. The van der Waals surface area contributed by atoms with Crippen LogP contribution in [-0.2, 0) is 9.59 Å². The molecule has 0 aliphatic carbocycles. The van der Waals surface area contributed by atoms with Crippen molar-refractivity contribution in [2.24, 2.45) is 0 Å². The number of nitrogen functional groups attached to an aromatic ring is 1. The zero-order chi connectivity index (χ0) is 19.7. The number of H-pyrrole nitrogens is 1. The van der Waals surface area contributed by atoms with E-state index in [2.05, 4.69) is 30.9 Å². The maximum atomic E-state index is 10.5. The van der Waals surface area contributed by atoms with Gasteiger partial charge in [-0.25, -0.2) is 19.6 Å². The van der Waals surface area contributed by atoms with Gasteiger partial charge in [-0.2, -0.15) is 0 Å². The third kappa shape index (κ3) is 6.69. The van der Waals surface area contributed by atoms with Crippen LogP contribution in [0.2, 0.25) is 0 Å². The minimum Gasteiger partial charge on any atom is -0.477 e. The second-order valence-corrected chi connectivity index (χ2v) is 5.52. The number of carbonyl (C=O) groups is 3. The van der Waals surface area contributed by atoms with Crippen LogP contribution in [-0.4, -0.2) is 42.9 Å². The van der Waals surface area contributed by atoms with Crippen LogP contribution in [0.15, 0.2) is 47.2 Å². The lowest BCUT2D eigenvalue weighted by Gasteiger charge is -1.90. The molecule has 0 aromatic carbocycles. The highest BCUT2D eigenvalue weighted by molar-refractivity contribution is 9.10. The number of nitrogens with two attached hydrogens (primary N) is 1. The number of aromatic carboxylic acids is 1. The highest BCUT2D eigenvalue weighted by Crippen LogP contribution is 2.13. The van der Waals surface area contributed by atoms with Gasteiger partial charge in [0.2, 0.25) is 5.78 Å². The van der Waals surface area contributed by atoms with Gasteiger partial charge in [-0.3, -0.25) is 4.79 Å². The standard InChI is InChI=1S/C8H6N2O2.C5H5BrN2.C3H4O3/c11-8(12)6-4-5-2-1-3-9-7(5)10-6;6-4-2-1-3-8-5(4)7;1-2(4)3(5)6/h1-4H,(H,9,10)(H,11,12);1-3H,(H2,7,8);1H3,(H,5,6). The number of carboxylic acid groups (broad SMARTS) is 2. The summed E-state index contributed by atoms with van der Waals surface area (Å²) in [5.74, 6) is -2.63. The summed E-state index contributed by atoms with van der Waals surface area (Å²) in [5.41, 5.74) is 6.14. The summed E-state index contributed by atoms with van der Waals surface area (Å²) >= 11 is 3.21. The molecular weight excluding hydrogens is 408 g/mol. The monoisotopic (exact) mass is 422 g/mol. The predicted octanol–water partition coefficient (Wildman–Crippen LogP) is 2.35. The van der Waals surface area contributed by atoms with Crippen LogP contribution >= 0.6 is 15.9 Å². The van der Waals surface area contributed by atoms with Gasteiger partial charge in [0.1, 0.15) is 17.2 Å². The van der Waals surface area contributed by atoms with Crippen molar-refractivity contribution in [3.05, 3.63) is 52.9 Å². The second-order valence-electron chi connectivity index (χ2n) is 4.66. The summed E-state index contributed by atoms with van der Waals surface area (Å²) < 4.78 is 0.847. The molecular formula is C16H15BrN4O5. The first kappa shape index (κ1) is 20.8. The van der Waals surface area contributed by atoms with Crippen molar-refractivity contribution in [1.82, 2.24) is 15.0 Å². The molecule has 9 nitrogen and oxygen atoms in total. The molecule has 0 bridgehead atoms. The van der Waals surface area contributed by atoms with Crippen molar-refractivity contribution in [3.63, 3.8) is 0 Å². The highest BCUT2D eigenvalue weighted by atomic mass is 79.9. The topological polar surface area (TPSA) is 159 Å². The van der Waals surface area contributed by atoms with E-state index in [1.54, 1.807) is 24.5 Å². The van der Waals surface area contributed by atoms with E-state index in [4.69, 9.17) is 15.9 Å². The van der Waals surface area contributed by atoms with Crippen LogP contribution in [0, 0.1) is 0 Å². The van der Waals surface area contributed by atoms with E-state index < -0.39 is 17.7 Å². The van der Waals surface area contributed by atoms with Gasteiger partial charge < -0.3 is 20.9 Å². The Kier molecular flexibility index (Phi) is 7.90. The van der Waals surface area contributed by atoms with Crippen LogP contribution in [0.5, 0.6) is 0 Å². The summed E-state index contributed by atoms with van der Waals surface area (Å²) in [5, 5.41) is 17.1. The summed E-state index contributed by atoms with van der Waals surface area (Å²) in [4.78, 5) is 39.9. The summed E-state index contributed by atoms with van der Waals surface area (Å²) in [6, 6.07) is 8.81. The molecule has 0 aliphatic rings. The fourth-order valence-corrected chi connectivity index (χ4v) is 1.73. The molecule has 3 heterocycles. The number of halogens is 1. The van der Waals surface area contributed by atoms with Crippen LogP contribution < -0.4 is 5.73 Å². The number of rotatable bonds is 2. The lowest BCUT2D eigenvalue weighted by Crippen LogP contribution is -2.05. The third-order valence-electron chi connectivity index (χ3n) is 2.71. The molecule has 0 spiro atoms. The zero-order valence-corrected chi connectivity index (χ0v) is 15.1. The Morgan fingerprint density at radius 1 is 1.12 bits per heavy atom. The van der Waals surface area contributed by atoms with Gasteiger partial charge in [0.25, 0.3) is 0 Å². The van der Waals surface area contributed by atoms with Gasteiger partial charge in [-0.15, -0.1) is 0 Å². The lowest BCUT2D eigenvalue weighted by atomic mass is 10.3. The number of Topliss-reactive ketones (excluding diaryl/α,β-unsaturated/α-hetero) is 1. The molecule has 3 aromatic heterocycles. The highest BCUT2D eigenvalue weighted by Gasteiger charge is 2.06. The Hall–Kier alpha value is -3.27. The van der Waals surface area contributed by atoms with Crippen LogP contribution in [0.1, 0.15) is 17.4 Å². The number of hydrogen-bond donors (Lipinski definition) is 4. The number of carboxylic acids is 2. The Bertz CT molecular complexity index is 860. The Morgan fingerprint density at radius 3 is 2.12 bits per heavy atom. The minimum atomic E-state index is -1.38. The summed E-state index contributed by atoms with van der Waals surface area (Å²) in [6.45, 7) is 1.00. The molecule has 10 heteroatoms. The number of nitrogens with zero attached hydrogens (tertiary/aromatic N) is 2. The fraction of sp³-hybridized carbons (Fsp3) is 0.0625. The average molecular weight is 423 g/mol. The molecule has 3 rings (SSSR count). The number of aromatic amines is 1. The number of carbonyl (C=O) groups excluding carboxylic acids is 1. The molecule has 0 fully saturated rings. The van der Waals surface area contributed by atoms with E-state index in [0.717, 1.165) is 16.8 Å². The Labute approximate surface area is 156 Å². The molecule has 0 atom stereocenters. The molecule has 0 unspecified atom stereocenters. The number of anilines is 1. The van der Waals surface area contributed by atoms with E-state index in [1.165, 1.54) is 0 Å². The first-order valence-corrected chi connectivity index (χ1v) is 7.78. The number of pyridine rings is 2. The van der Waals surface area contributed by atoms with E-state index in [9.17, 15) is 14.4 Å². The Morgan fingerprint density at radius 2 is 1.69 bits per heavy atom. The van der Waals surface area contributed by atoms with Gasteiger partial charge in [0.15, 0.2) is 0 Å². The van der Waals surface area contributed by atoms with Gasteiger partial charge in [-0.05, 0) is 46.3 Å². The largest absolute Gasteiger partial charge is 0.477 e. The molecule has 0 radical (unpaired) electrons. The van der Waals surface area contributed by atoms with Gasteiger partial charge in [-0.1, -0.05) is 0 Å². The van der Waals surface area contributed by atoms with Crippen molar-refractivity contribution in [1.29, 1.82) is 0 Å². The van der Waals surface area contributed by atoms with Gasteiger partial charge >= 0.3 is 11.9 Å². The van der Waals surface area contributed by atoms with Crippen molar-refractivity contribution in [2.75, 3.05) is 5.73 Å². The van der Waals surface area contributed by atoms with Crippen molar-refractivity contribution >= 4 is 50.5 Å². The Balaban J connectivity index is 0.000000211. The average Bonchev–Trinajstić information content (AvgIpc) is 3.03. The summed E-state index contributed by atoms with van der Waals surface area (Å²) in [7, 11) is 0. The molecule has 5 N–H and O–H groups in total. The molecule has 26 heavy (non-hydrogen) atoms. The molecule has 0 amide bonds. The van der Waals surface area contributed by atoms with Crippen LogP contribution in [0.3, 0.4) is 0 Å². The maximum absolute atomic E-state index is 10.5. The quantitative estimate of drug-likeness (QED) is 0.457. The normalized spacial score (nSPS) is 9.31. The summed E-state index contributed by atoms with van der Waals surface area (Å²) in [6.07, 6.45) is 3.27. The number of aromatic nitrogens is 3. The minimum absolute atomic E-state index is 0.170. The molecule has 3 aromatic rings. The smallest absolute Gasteiger partial charge is 0.371 e. The van der Waals surface area contributed by atoms with E-state index >= 15 is 0 Å². The van der Waals surface area contributed by atoms with Crippen molar-refractivity contribution in [2.45, 2.75) is 6.92 Å². The lowest BCUT2D eigenvalue weighted by molar-refractivity contribution is -0.148. The fourth-order valence-electron chi connectivity index (χ4n) is 1.47. The first-order valence-electron chi connectivity index (χ1n) is 6.99. The number of aliphatic carboxylic acids is 1. The number of nitrogens with one attached hydrogen (secondary N) is 1. The molecule has 136 valence electrons. The molecule has 0 aliphatic heterocycles. The number of fused-ring (bicyclic) bond motifs is 1. The van der Waals surface area contributed by atoms with E-state index in [1.807, 2.05) is 18.2 Å².